The van der Waals surface area contributed by atoms with Gasteiger partial charge < -0.3 is 10.6 Å². The molecule has 10 heteroatoms. The number of amides is 2. The van der Waals surface area contributed by atoms with Gasteiger partial charge in [-0.15, -0.1) is 21.5 Å². The highest BCUT2D eigenvalue weighted by Gasteiger charge is 2.19. The Kier molecular flexibility index (Phi) is 7.39. The highest BCUT2D eigenvalue weighted by molar-refractivity contribution is 7.99. The standard InChI is InChI=1S/C24H24N6O2S2/c1-15-9-10-19(16(2)11-15)26-21(31)12-20-28-29-24(30(20)18-7-5-4-6-8-18)34-14-22(32)27-23-25-17(3)13-33-23/h4-11,13H,12,14H2,1-3H3,(H,26,31)(H,25,27,32). The first-order valence-electron chi connectivity index (χ1n) is 10.6. The van der Waals surface area contributed by atoms with E-state index in [1.807, 2.05) is 79.2 Å². The van der Waals surface area contributed by atoms with Crippen molar-refractivity contribution in [1.82, 2.24) is 19.7 Å². The number of nitrogens with zero attached hydrogens (tertiary/aromatic N) is 4. The maximum atomic E-state index is 12.8. The van der Waals surface area contributed by atoms with Crippen molar-refractivity contribution in [2.75, 3.05) is 16.4 Å². The van der Waals surface area contributed by atoms with Crippen LogP contribution in [0.15, 0.2) is 59.1 Å². The van der Waals surface area contributed by atoms with Crippen LogP contribution >= 0.6 is 23.1 Å². The molecule has 0 aliphatic rings. The lowest BCUT2D eigenvalue weighted by Crippen LogP contribution is -2.18. The van der Waals surface area contributed by atoms with Crippen LogP contribution in [-0.4, -0.2) is 37.3 Å². The van der Waals surface area contributed by atoms with Crippen molar-refractivity contribution in [3.8, 4) is 5.69 Å². The van der Waals surface area contributed by atoms with E-state index in [1.165, 1.54) is 23.1 Å². The Bertz CT molecular complexity index is 1320. The Morgan fingerprint density at radius 2 is 1.79 bits per heavy atom. The molecule has 174 valence electrons. The fourth-order valence-electron chi connectivity index (χ4n) is 3.33. The summed E-state index contributed by atoms with van der Waals surface area (Å²) in [5.41, 5.74) is 4.58. The molecule has 0 atom stereocenters. The first kappa shape index (κ1) is 23.7. The average molecular weight is 493 g/mol. The third-order valence-corrected chi connectivity index (χ3v) is 6.69. The Labute approximate surface area is 205 Å². The van der Waals surface area contributed by atoms with Gasteiger partial charge in [0.05, 0.1) is 17.9 Å². The second-order valence-corrected chi connectivity index (χ2v) is 9.54. The zero-order valence-corrected chi connectivity index (χ0v) is 20.7. The van der Waals surface area contributed by atoms with Crippen LogP contribution in [0.3, 0.4) is 0 Å². The molecule has 2 aromatic carbocycles. The van der Waals surface area contributed by atoms with Crippen LogP contribution in [0.2, 0.25) is 0 Å². The van der Waals surface area contributed by atoms with E-state index < -0.39 is 0 Å². The van der Waals surface area contributed by atoms with Crippen LogP contribution in [0.1, 0.15) is 22.6 Å². The molecule has 0 fully saturated rings. The summed E-state index contributed by atoms with van der Waals surface area (Å²) in [6.45, 7) is 5.85. The first-order valence-corrected chi connectivity index (χ1v) is 12.5. The molecule has 8 nitrogen and oxygen atoms in total. The van der Waals surface area contributed by atoms with Gasteiger partial charge in [0.1, 0.15) is 5.82 Å². The van der Waals surface area contributed by atoms with E-state index in [4.69, 9.17) is 0 Å². The number of hydrogen-bond donors (Lipinski definition) is 2. The molecule has 0 radical (unpaired) electrons. The predicted molar refractivity (Wildman–Crippen MR) is 136 cm³/mol. The largest absolute Gasteiger partial charge is 0.325 e. The second kappa shape index (κ2) is 10.6. The summed E-state index contributed by atoms with van der Waals surface area (Å²) in [7, 11) is 0. The molecule has 0 unspecified atom stereocenters. The highest BCUT2D eigenvalue weighted by Crippen LogP contribution is 2.24. The van der Waals surface area contributed by atoms with Crippen molar-refractivity contribution in [2.45, 2.75) is 32.3 Å². The number of para-hydroxylation sites is 1. The molecule has 2 heterocycles. The molecule has 4 rings (SSSR count). The molecule has 0 aliphatic carbocycles. The fourth-order valence-corrected chi connectivity index (χ4v) is 4.81. The SMILES string of the molecule is Cc1ccc(NC(=O)Cc2nnc(SCC(=O)Nc3nc(C)cs3)n2-c2ccccc2)c(C)c1. The number of aromatic nitrogens is 4. The number of rotatable bonds is 8. The van der Waals surface area contributed by atoms with Crippen molar-refractivity contribution in [2.24, 2.45) is 0 Å². The summed E-state index contributed by atoms with van der Waals surface area (Å²) in [6.07, 6.45) is 0.0420. The Hall–Kier alpha value is -3.50. The van der Waals surface area contributed by atoms with E-state index in [0.717, 1.165) is 28.2 Å². The number of benzene rings is 2. The van der Waals surface area contributed by atoms with Crippen LogP contribution in [-0.2, 0) is 16.0 Å². The molecule has 2 aromatic heterocycles. The van der Waals surface area contributed by atoms with E-state index in [1.54, 1.807) is 0 Å². The van der Waals surface area contributed by atoms with Crippen molar-refractivity contribution in [3.05, 3.63) is 76.6 Å². The third kappa shape index (κ3) is 5.89. The van der Waals surface area contributed by atoms with Gasteiger partial charge in [-0.1, -0.05) is 47.7 Å². The van der Waals surface area contributed by atoms with Gasteiger partial charge in [0.15, 0.2) is 10.3 Å². The first-order chi connectivity index (χ1) is 16.4. The summed E-state index contributed by atoms with van der Waals surface area (Å²) in [4.78, 5) is 29.5. The van der Waals surface area contributed by atoms with Crippen LogP contribution in [0.4, 0.5) is 10.8 Å². The van der Waals surface area contributed by atoms with Crippen molar-refractivity contribution < 1.29 is 9.59 Å². The molecular weight excluding hydrogens is 468 g/mol. The lowest BCUT2D eigenvalue weighted by atomic mass is 10.1. The number of carbonyl (C=O) groups excluding carboxylic acids is 2. The fraction of sp³-hybridized carbons (Fsp3) is 0.208. The number of hydrogen-bond acceptors (Lipinski definition) is 7. The molecule has 2 amide bonds. The minimum absolute atomic E-state index is 0.0420. The number of thiazole rings is 1. The number of carbonyl (C=O) groups is 2. The number of thioether (sulfide) groups is 1. The predicted octanol–water partition coefficient (Wildman–Crippen LogP) is 4.56. The van der Waals surface area contributed by atoms with Gasteiger partial charge in [-0.05, 0) is 44.5 Å². The molecule has 0 saturated heterocycles. The average Bonchev–Trinajstić information content (AvgIpc) is 3.40. The van der Waals surface area contributed by atoms with Crippen LogP contribution in [0.25, 0.3) is 5.69 Å². The summed E-state index contributed by atoms with van der Waals surface area (Å²) >= 11 is 2.64. The van der Waals surface area contributed by atoms with Crippen molar-refractivity contribution in [1.29, 1.82) is 0 Å². The van der Waals surface area contributed by atoms with E-state index >= 15 is 0 Å². The molecule has 2 N–H and O–H groups in total. The van der Waals surface area contributed by atoms with Gasteiger partial charge >= 0.3 is 0 Å². The normalized spacial score (nSPS) is 10.8. The zero-order chi connectivity index (χ0) is 24.1. The van der Waals surface area contributed by atoms with Crippen LogP contribution < -0.4 is 10.6 Å². The van der Waals surface area contributed by atoms with Gasteiger partial charge in [-0.2, -0.15) is 0 Å². The van der Waals surface area contributed by atoms with Crippen LogP contribution in [0.5, 0.6) is 0 Å². The Morgan fingerprint density at radius 3 is 2.50 bits per heavy atom. The van der Waals surface area contributed by atoms with Gasteiger partial charge in [0.25, 0.3) is 0 Å². The molecular formula is C24H24N6O2S2. The quantitative estimate of drug-likeness (QED) is 0.350. The minimum Gasteiger partial charge on any atom is -0.325 e. The monoisotopic (exact) mass is 492 g/mol. The zero-order valence-electron chi connectivity index (χ0n) is 19.0. The Morgan fingerprint density at radius 1 is 1.00 bits per heavy atom. The van der Waals surface area contributed by atoms with Gasteiger partial charge in [-0.25, -0.2) is 4.98 Å². The summed E-state index contributed by atoms with van der Waals surface area (Å²) in [6, 6.07) is 15.4. The van der Waals surface area contributed by atoms with E-state index in [-0.39, 0.29) is 24.0 Å². The summed E-state index contributed by atoms with van der Waals surface area (Å²) < 4.78 is 1.81. The van der Waals surface area contributed by atoms with Crippen LogP contribution in [0, 0.1) is 20.8 Å². The van der Waals surface area contributed by atoms with Crippen molar-refractivity contribution >= 4 is 45.7 Å². The second-order valence-electron chi connectivity index (χ2n) is 7.74. The van der Waals surface area contributed by atoms with Crippen molar-refractivity contribution in [3.63, 3.8) is 0 Å². The molecule has 0 aliphatic heterocycles. The van der Waals surface area contributed by atoms with E-state index in [0.29, 0.717) is 16.1 Å². The maximum absolute atomic E-state index is 12.8. The summed E-state index contributed by atoms with van der Waals surface area (Å²) in [5.74, 6) is 0.256. The number of aryl methyl sites for hydroxylation is 3. The van der Waals surface area contributed by atoms with Gasteiger partial charge in [0.2, 0.25) is 11.8 Å². The maximum Gasteiger partial charge on any atom is 0.236 e. The highest BCUT2D eigenvalue weighted by atomic mass is 32.2. The smallest absolute Gasteiger partial charge is 0.236 e. The topological polar surface area (TPSA) is 102 Å². The molecule has 34 heavy (non-hydrogen) atoms. The molecule has 0 spiro atoms. The minimum atomic E-state index is -0.190. The number of anilines is 2. The molecule has 0 bridgehead atoms. The van der Waals surface area contributed by atoms with Gasteiger partial charge in [0, 0.05) is 16.8 Å². The van der Waals surface area contributed by atoms with E-state index in [2.05, 4.69) is 25.8 Å². The van der Waals surface area contributed by atoms with Gasteiger partial charge in [-0.3, -0.25) is 14.2 Å². The third-order valence-electron chi connectivity index (χ3n) is 4.89. The number of nitrogens with one attached hydrogen (secondary N) is 2. The lowest BCUT2D eigenvalue weighted by molar-refractivity contribution is -0.116. The Balaban J connectivity index is 1.50. The lowest BCUT2D eigenvalue weighted by Gasteiger charge is -2.11. The summed E-state index contributed by atoms with van der Waals surface area (Å²) in [5, 5.41) is 17.3. The molecule has 0 saturated carbocycles. The molecule has 4 aromatic rings. The van der Waals surface area contributed by atoms with E-state index in [9.17, 15) is 9.59 Å².